The van der Waals surface area contributed by atoms with E-state index in [9.17, 15) is 4.79 Å². The van der Waals surface area contributed by atoms with Crippen LogP contribution in [0.4, 0.5) is 0 Å². The Morgan fingerprint density at radius 2 is 2.00 bits per heavy atom. The molecular weight excluding hydrogens is 326 g/mol. The normalized spacial score (nSPS) is 11.5. The summed E-state index contributed by atoms with van der Waals surface area (Å²) in [5, 5.41) is 6.78. The molecule has 23 heavy (non-hydrogen) atoms. The van der Waals surface area contributed by atoms with Gasteiger partial charge >= 0.3 is 0 Å². The zero-order valence-electron chi connectivity index (χ0n) is 11.9. The van der Waals surface area contributed by atoms with Gasteiger partial charge in [0.25, 0.3) is 5.56 Å². The van der Waals surface area contributed by atoms with Gasteiger partial charge in [-0.15, -0.1) is 22.7 Å². The highest BCUT2D eigenvalue weighted by Crippen LogP contribution is 2.30. The number of hydrogen-bond donors (Lipinski definition) is 0. The molecule has 0 aliphatic heterocycles. The molecule has 0 saturated heterocycles. The van der Waals surface area contributed by atoms with Crippen LogP contribution in [-0.4, -0.2) is 15.9 Å². The Labute approximate surface area is 140 Å². The molecule has 0 amide bonds. The van der Waals surface area contributed by atoms with E-state index in [2.05, 4.69) is 10.1 Å². The summed E-state index contributed by atoms with van der Waals surface area (Å²) >= 11 is 3.08. The first-order valence-corrected chi connectivity index (χ1v) is 8.65. The predicted octanol–water partition coefficient (Wildman–Crippen LogP) is 4.07. The molecule has 3 aromatic heterocycles. The number of rotatable bonds is 3. The van der Waals surface area contributed by atoms with Crippen molar-refractivity contribution in [2.45, 2.75) is 0 Å². The van der Waals surface area contributed by atoms with Crippen molar-refractivity contribution in [3.05, 3.63) is 75.5 Å². The summed E-state index contributed by atoms with van der Waals surface area (Å²) in [6.07, 6.45) is 3.14. The Hall–Kier alpha value is -2.57. The second kappa shape index (κ2) is 5.91. The second-order valence-electron chi connectivity index (χ2n) is 4.85. The molecule has 0 atom stereocenters. The van der Waals surface area contributed by atoms with Gasteiger partial charge in [-0.1, -0.05) is 36.4 Å². The van der Waals surface area contributed by atoms with E-state index in [4.69, 9.17) is 0 Å². The third-order valence-corrected chi connectivity index (χ3v) is 5.25. The van der Waals surface area contributed by atoms with Gasteiger partial charge in [0.1, 0.15) is 11.2 Å². The molecule has 0 unspecified atom stereocenters. The van der Waals surface area contributed by atoms with Crippen LogP contribution in [0.25, 0.3) is 20.7 Å². The number of benzene rings is 1. The van der Waals surface area contributed by atoms with Gasteiger partial charge in [-0.25, -0.2) is 4.98 Å². The minimum atomic E-state index is -0.152. The van der Waals surface area contributed by atoms with Gasteiger partial charge in [0, 0.05) is 9.75 Å². The zero-order valence-corrected chi connectivity index (χ0v) is 13.6. The average molecular weight is 337 g/mol. The van der Waals surface area contributed by atoms with Crippen molar-refractivity contribution in [1.82, 2.24) is 9.66 Å². The number of fused-ring (bicyclic) bond motifs is 1. The molecule has 4 rings (SSSR count). The highest BCUT2D eigenvalue weighted by molar-refractivity contribution is 7.21. The SMILES string of the molecule is O=c1c2cc(-c3ccccc3)sc2ncn1/N=C\c1cccs1. The smallest absolute Gasteiger partial charge is 0.267 e. The lowest BCUT2D eigenvalue weighted by Gasteiger charge is -1.95. The molecule has 0 N–H and O–H groups in total. The largest absolute Gasteiger partial charge is 0.282 e. The Morgan fingerprint density at radius 3 is 2.78 bits per heavy atom. The predicted molar refractivity (Wildman–Crippen MR) is 96.6 cm³/mol. The first-order valence-electron chi connectivity index (χ1n) is 6.96. The maximum absolute atomic E-state index is 12.6. The highest BCUT2D eigenvalue weighted by atomic mass is 32.1. The molecular formula is C17H11N3OS2. The van der Waals surface area contributed by atoms with E-state index in [1.54, 1.807) is 17.6 Å². The third-order valence-electron chi connectivity index (χ3n) is 3.35. The monoisotopic (exact) mass is 337 g/mol. The van der Waals surface area contributed by atoms with Crippen molar-refractivity contribution in [2.24, 2.45) is 5.10 Å². The molecule has 4 aromatic rings. The Morgan fingerprint density at radius 1 is 1.13 bits per heavy atom. The zero-order chi connectivity index (χ0) is 15.6. The molecule has 0 bridgehead atoms. The van der Waals surface area contributed by atoms with Gasteiger partial charge in [-0.2, -0.15) is 9.78 Å². The number of aromatic nitrogens is 2. The highest BCUT2D eigenvalue weighted by Gasteiger charge is 2.09. The van der Waals surface area contributed by atoms with Gasteiger partial charge in [0.2, 0.25) is 0 Å². The maximum Gasteiger partial charge on any atom is 0.282 e. The lowest BCUT2D eigenvalue weighted by atomic mass is 10.2. The van der Waals surface area contributed by atoms with E-state index < -0.39 is 0 Å². The Bertz CT molecular complexity index is 1030. The van der Waals surface area contributed by atoms with Crippen LogP contribution in [0.15, 0.2) is 70.1 Å². The van der Waals surface area contributed by atoms with Crippen molar-refractivity contribution < 1.29 is 0 Å². The summed E-state index contributed by atoms with van der Waals surface area (Å²) in [6, 6.07) is 15.8. The van der Waals surface area contributed by atoms with Crippen LogP contribution in [0.2, 0.25) is 0 Å². The number of thiophene rings is 2. The maximum atomic E-state index is 12.6. The van der Waals surface area contributed by atoms with Gasteiger partial charge in [0.05, 0.1) is 11.6 Å². The van der Waals surface area contributed by atoms with Crippen LogP contribution >= 0.6 is 22.7 Å². The van der Waals surface area contributed by atoms with Gasteiger partial charge in [-0.05, 0) is 23.1 Å². The van der Waals surface area contributed by atoms with Crippen LogP contribution in [-0.2, 0) is 0 Å². The minimum absolute atomic E-state index is 0.152. The molecule has 4 nitrogen and oxygen atoms in total. The first-order chi connectivity index (χ1) is 11.3. The van der Waals surface area contributed by atoms with Crippen molar-refractivity contribution >= 4 is 39.1 Å². The van der Waals surface area contributed by atoms with Crippen LogP contribution < -0.4 is 5.56 Å². The fourth-order valence-electron chi connectivity index (χ4n) is 2.22. The van der Waals surface area contributed by atoms with Gasteiger partial charge in [-0.3, -0.25) is 4.79 Å². The fraction of sp³-hybridized carbons (Fsp3) is 0. The third kappa shape index (κ3) is 2.74. The lowest BCUT2D eigenvalue weighted by Crippen LogP contribution is -2.16. The molecule has 0 fully saturated rings. The summed E-state index contributed by atoms with van der Waals surface area (Å²) < 4.78 is 1.28. The van der Waals surface area contributed by atoms with E-state index in [1.807, 2.05) is 53.9 Å². The van der Waals surface area contributed by atoms with Gasteiger partial charge in [0.15, 0.2) is 0 Å². The average Bonchev–Trinajstić information content (AvgIpc) is 3.25. The van der Waals surface area contributed by atoms with Crippen LogP contribution in [0.3, 0.4) is 0 Å². The summed E-state index contributed by atoms with van der Waals surface area (Å²) in [6.45, 7) is 0. The van der Waals surface area contributed by atoms with E-state index in [0.29, 0.717) is 5.39 Å². The topological polar surface area (TPSA) is 47.2 Å². The minimum Gasteiger partial charge on any atom is -0.267 e. The van der Waals surface area contributed by atoms with E-state index in [-0.39, 0.29) is 5.56 Å². The van der Waals surface area contributed by atoms with Crippen molar-refractivity contribution in [2.75, 3.05) is 0 Å². The van der Waals surface area contributed by atoms with Crippen LogP contribution in [0.5, 0.6) is 0 Å². The molecule has 6 heteroatoms. The summed E-state index contributed by atoms with van der Waals surface area (Å²) in [7, 11) is 0. The molecule has 0 aliphatic carbocycles. The molecule has 0 spiro atoms. The van der Waals surface area contributed by atoms with Crippen molar-refractivity contribution in [1.29, 1.82) is 0 Å². The molecule has 0 radical (unpaired) electrons. The Kier molecular flexibility index (Phi) is 3.61. The molecule has 0 saturated carbocycles. The summed E-state index contributed by atoms with van der Waals surface area (Å²) in [5.74, 6) is 0. The quantitative estimate of drug-likeness (QED) is 0.529. The van der Waals surface area contributed by atoms with E-state index in [1.165, 1.54) is 22.3 Å². The molecule has 3 heterocycles. The summed E-state index contributed by atoms with van der Waals surface area (Å²) in [4.78, 5) is 19.7. The fourth-order valence-corrected chi connectivity index (χ4v) is 3.80. The van der Waals surface area contributed by atoms with Crippen molar-refractivity contribution in [3.63, 3.8) is 0 Å². The number of nitrogens with zero attached hydrogens (tertiary/aromatic N) is 3. The lowest BCUT2D eigenvalue weighted by molar-refractivity contribution is 0.819. The summed E-state index contributed by atoms with van der Waals surface area (Å²) in [5.41, 5.74) is 0.935. The standard InChI is InChI=1S/C17H11N3OS2/c21-17-14-9-15(12-5-2-1-3-6-12)23-16(14)18-11-20(17)19-10-13-7-4-8-22-13/h1-11H/b19-10-. The van der Waals surface area contributed by atoms with Crippen molar-refractivity contribution in [3.8, 4) is 10.4 Å². The second-order valence-corrected chi connectivity index (χ2v) is 6.86. The van der Waals surface area contributed by atoms with Gasteiger partial charge < -0.3 is 0 Å². The number of hydrogen-bond acceptors (Lipinski definition) is 5. The van der Waals surface area contributed by atoms with E-state index >= 15 is 0 Å². The van der Waals surface area contributed by atoms with Crippen LogP contribution in [0, 0.1) is 0 Å². The molecule has 1 aromatic carbocycles. The van der Waals surface area contributed by atoms with E-state index in [0.717, 1.165) is 20.1 Å². The first kappa shape index (κ1) is 14.0. The Balaban J connectivity index is 1.78. The molecule has 112 valence electrons. The van der Waals surface area contributed by atoms with Crippen LogP contribution in [0.1, 0.15) is 4.88 Å². The molecule has 0 aliphatic rings.